The lowest BCUT2D eigenvalue weighted by molar-refractivity contribution is 0.0599. The van der Waals surface area contributed by atoms with Gasteiger partial charge in [0, 0.05) is 0 Å². The van der Waals surface area contributed by atoms with Gasteiger partial charge in [-0.25, -0.2) is 9.59 Å². The van der Waals surface area contributed by atoms with E-state index >= 15 is 0 Å². The number of carboxylic acid groups (broad SMARTS) is 1. The van der Waals surface area contributed by atoms with Crippen molar-refractivity contribution in [3.63, 3.8) is 0 Å². The Morgan fingerprint density at radius 2 is 1.70 bits per heavy atom. The van der Waals surface area contributed by atoms with Gasteiger partial charge in [0.1, 0.15) is 0 Å². The SMILES string of the molecule is COC(=O)c1ccc(-c2ccc(C)cc2C(=O)O)cc1. The van der Waals surface area contributed by atoms with Crippen molar-refractivity contribution in [2.24, 2.45) is 0 Å². The minimum Gasteiger partial charge on any atom is -0.478 e. The molecule has 4 nitrogen and oxygen atoms in total. The number of aryl methyl sites for hydroxylation is 1. The molecule has 2 aromatic rings. The number of aromatic carboxylic acids is 1. The number of methoxy groups -OCH3 is 1. The lowest BCUT2D eigenvalue weighted by Crippen LogP contribution is -2.02. The van der Waals surface area contributed by atoms with Crippen molar-refractivity contribution in [2.75, 3.05) is 7.11 Å². The topological polar surface area (TPSA) is 63.6 Å². The second-order valence-corrected chi connectivity index (χ2v) is 4.42. The molecule has 2 aromatic carbocycles. The molecule has 1 N–H and O–H groups in total. The molecular weight excluding hydrogens is 256 g/mol. The Morgan fingerprint density at radius 1 is 1.05 bits per heavy atom. The standard InChI is InChI=1S/C16H14O4/c1-10-3-8-13(14(9-10)15(17)18)11-4-6-12(7-5-11)16(19)20-2/h3-9H,1-2H3,(H,17,18). The highest BCUT2D eigenvalue weighted by Crippen LogP contribution is 2.25. The summed E-state index contributed by atoms with van der Waals surface area (Å²) in [4.78, 5) is 22.7. The van der Waals surface area contributed by atoms with E-state index < -0.39 is 11.9 Å². The van der Waals surface area contributed by atoms with Crippen LogP contribution in [0.4, 0.5) is 0 Å². The minimum atomic E-state index is -0.972. The Kier molecular flexibility index (Phi) is 3.84. The zero-order valence-corrected chi connectivity index (χ0v) is 11.2. The summed E-state index contributed by atoms with van der Waals surface area (Å²) in [6, 6.07) is 11.9. The van der Waals surface area contributed by atoms with Crippen LogP contribution in [0.1, 0.15) is 26.3 Å². The third-order valence-corrected chi connectivity index (χ3v) is 3.02. The molecular formula is C16H14O4. The van der Waals surface area contributed by atoms with Gasteiger partial charge in [-0.1, -0.05) is 29.8 Å². The number of hydrogen-bond acceptors (Lipinski definition) is 3. The Hall–Kier alpha value is -2.62. The molecule has 0 fully saturated rings. The lowest BCUT2D eigenvalue weighted by atomic mass is 9.97. The Morgan fingerprint density at radius 3 is 2.25 bits per heavy atom. The zero-order valence-electron chi connectivity index (χ0n) is 11.2. The average Bonchev–Trinajstić information content (AvgIpc) is 2.46. The molecule has 4 heteroatoms. The van der Waals surface area contributed by atoms with Gasteiger partial charge in [-0.3, -0.25) is 0 Å². The monoisotopic (exact) mass is 270 g/mol. The van der Waals surface area contributed by atoms with E-state index in [-0.39, 0.29) is 5.56 Å². The molecule has 0 spiro atoms. The highest BCUT2D eigenvalue weighted by atomic mass is 16.5. The summed E-state index contributed by atoms with van der Waals surface area (Å²) in [5.74, 6) is -1.39. The molecule has 0 saturated carbocycles. The zero-order chi connectivity index (χ0) is 14.7. The molecule has 0 unspecified atom stereocenters. The molecule has 0 bridgehead atoms. The molecule has 0 amide bonds. The van der Waals surface area contributed by atoms with E-state index in [0.29, 0.717) is 11.1 Å². The van der Waals surface area contributed by atoms with Gasteiger partial charge in [0.05, 0.1) is 18.2 Å². The fraction of sp³-hybridized carbons (Fsp3) is 0.125. The van der Waals surface area contributed by atoms with Crippen molar-refractivity contribution in [1.29, 1.82) is 0 Å². The van der Waals surface area contributed by atoms with Crippen LogP contribution in [-0.2, 0) is 4.74 Å². The Balaban J connectivity index is 2.47. The third kappa shape index (κ3) is 2.69. The van der Waals surface area contributed by atoms with Crippen LogP contribution >= 0.6 is 0 Å². The Bertz CT molecular complexity index is 657. The molecule has 0 saturated heterocycles. The molecule has 0 aliphatic heterocycles. The molecule has 0 heterocycles. The van der Waals surface area contributed by atoms with E-state index in [0.717, 1.165) is 11.1 Å². The largest absolute Gasteiger partial charge is 0.478 e. The molecule has 0 atom stereocenters. The van der Waals surface area contributed by atoms with Crippen LogP contribution in [0, 0.1) is 6.92 Å². The van der Waals surface area contributed by atoms with Gasteiger partial charge in [-0.2, -0.15) is 0 Å². The maximum absolute atomic E-state index is 11.4. The number of carbonyl (C=O) groups excluding carboxylic acids is 1. The van der Waals surface area contributed by atoms with Gasteiger partial charge >= 0.3 is 11.9 Å². The van der Waals surface area contributed by atoms with Crippen molar-refractivity contribution < 1.29 is 19.4 Å². The molecule has 102 valence electrons. The van der Waals surface area contributed by atoms with Crippen LogP contribution in [0.15, 0.2) is 42.5 Å². The summed E-state index contributed by atoms with van der Waals surface area (Å²) >= 11 is 0. The first-order valence-corrected chi connectivity index (χ1v) is 6.05. The van der Waals surface area contributed by atoms with Crippen LogP contribution < -0.4 is 0 Å². The number of benzene rings is 2. The van der Waals surface area contributed by atoms with E-state index in [1.165, 1.54) is 7.11 Å². The number of hydrogen-bond donors (Lipinski definition) is 1. The quantitative estimate of drug-likeness (QED) is 0.870. The predicted octanol–water partition coefficient (Wildman–Crippen LogP) is 3.15. The fourth-order valence-corrected chi connectivity index (χ4v) is 1.99. The van der Waals surface area contributed by atoms with E-state index in [1.54, 1.807) is 36.4 Å². The number of carboxylic acids is 1. The third-order valence-electron chi connectivity index (χ3n) is 3.02. The summed E-state index contributed by atoms with van der Waals surface area (Å²) in [6.45, 7) is 1.84. The van der Waals surface area contributed by atoms with Gasteiger partial charge < -0.3 is 9.84 Å². The first-order chi connectivity index (χ1) is 9.52. The van der Waals surface area contributed by atoms with Gasteiger partial charge in [-0.15, -0.1) is 0 Å². The lowest BCUT2D eigenvalue weighted by Gasteiger charge is -2.08. The van der Waals surface area contributed by atoms with E-state index in [2.05, 4.69) is 4.74 Å². The maximum Gasteiger partial charge on any atom is 0.337 e. The average molecular weight is 270 g/mol. The van der Waals surface area contributed by atoms with Crippen molar-refractivity contribution in [3.8, 4) is 11.1 Å². The number of esters is 1. The van der Waals surface area contributed by atoms with Crippen LogP contribution in [0.25, 0.3) is 11.1 Å². The maximum atomic E-state index is 11.4. The Labute approximate surface area is 116 Å². The molecule has 20 heavy (non-hydrogen) atoms. The first kappa shape index (κ1) is 13.8. The number of carbonyl (C=O) groups is 2. The van der Waals surface area contributed by atoms with Gasteiger partial charge in [0.25, 0.3) is 0 Å². The summed E-state index contributed by atoms with van der Waals surface area (Å²) in [5, 5.41) is 9.26. The van der Waals surface area contributed by atoms with E-state index in [4.69, 9.17) is 0 Å². The van der Waals surface area contributed by atoms with Crippen LogP contribution in [0.2, 0.25) is 0 Å². The van der Waals surface area contributed by atoms with Crippen molar-refractivity contribution in [3.05, 3.63) is 59.2 Å². The van der Waals surface area contributed by atoms with Crippen molar-refractivity contribution in [1.82, 2.24) is 0 Å². The van der Waals surface area contributed by atoms with E-state index in [9.17, 15) is 14.7 Å². The first-order valence-electron chi connectivity index (χ1n) is 6.05. The fourth-order valence-electron chi connectivity index (χ4n) is 1.99. The normalized spacial score (nSPS) is 10.1. The highest BCUT2D eigenvalue weighted by Gasteiger charge is 2.12. The summed E-state index contributed by atoms with van der Waals surface area (Å²) in [5.41, 5.74) is 2.93. The molecule has 0 aliphatic carbocycles. The molecule has 2 rings (SSSR count). The number of ether oxygens (including phenoxy) is 1. The van der Waals surface area contributed by atoms with Gasteiger partial charge in [-0.05, 0) is 36.2 Å². The smallest absolute Gasteiger partial charge is 0.337 e. The summed E-state index contributed by atoms with van der Waals surface area (Å²) < 4.78 is 4.63. The van der Waals surface area contributed by atoms with Gasteiger partial charge in [0.2, 0.25) is 0 Å². The van der Waals surface area contributed by atoms with Crippen molar-refractivity contribution in [2.45, 2.75) is 6.92 Å². The van der Waals surface area contributed by atoms with Crippen molar-refractivity contribution >= 4 is 11.9 Å². The van der Waals surface area contributed by atoms with Crippen LogP contribution in [0.5, 0.6) is 0 Å². The number of rotatable bonds is 3. The van der Waals surface area contributed by atoms with Crippen LogP contribution in [-0.4, -0.2) is 24.2 Å². The minimum absolute atomic E-state index is 0.246. The summed E-state index contributed by atoms with van der Waals surface area (Å²) in [7, 11) is 1.32. The summed E-state index contributed by atoms with van der Waals surface area (Å²) in [6.07, 6.45) is 0. The second kappa shape index (κ2) is 5.57. The predicted molar refractivity (Wildman–Crippen MR) is 74.9 cm³/mol. The van der Waals surface area contributed by atoms with E-state index in [1.807, 2.05) is 13.0 Å². The molecule has 0 aliphatic rings. The molecule has 0 radical (unpaired) electrons. The van der Waals surface area contributed by atoms with Gasteiger partial charge in [0.15, 0.2) is 0 Å². The second-order valence-electron chi connectivity index (χ2n) is 4.42. The van der Waals surface area contributed by atoms with Crippen LogP contribution in [0.3, 0.4) is 0 Å². The highest BCUT2D eigenvalue weighted by molar-refractivity contribution is 5.97. The molecule has 0 aromatic heterocycles.